The molecule has 0 amide bonds. The number of aromatic nitrogens is 6. The van der Waals surface area contributed by atoms with Gasteiger partial charge < -0.3 is 10.6 Å². The smallest absolute Gasteiger partial charge is 0.222 e. The molecule has 2 aromatic heterocycles. The van der Waals surface area contributed by atoms with Crippen LogP contribution >= 0.6 is 0 Å². The van der Waals surface area contributed by atoms with Gasteiger partial charge >= 0.3 is 0 Å². The van der Waals surface area contributed by atoms with Crippen molar-refractivity contribution in [1.82, 2.24) is 35.5 Å². The average molecular weight is 314 g/mol. The molecule has 2 atom stereocenters. The Kier molecular flexibility index (Phi) is 4.14. The maximum atomic E-state index is 4.31. The number of rotatable bonds is 6. The first kappa shape index (κ1) is 14.5. The summed E-state index contributed by atoms with van der Waals surface area (Å²) in [6.07, 6.45) is 10.3. The van der Waals surface area contributed by atoms with E-state index in [0.717, 1.165) is 30.0 Å². The molecule has 2 aliphatic rings. The maximum Gasteiger partial charge on any atom is 0.222 e. The first-order valence-electron chi connectivity index (χ1n) is 8.40. The third-order valence-corrected chi connectivity index (χ3v) is 5.02. The Bertz CT molecular complexity index is 605. The van der Waals surface area contributed by atoms with Crippen LogP contribution in [0, 0.1) is 17.8 Å². The predicted molar refractivity (Wildman–Crippen MR) is 85.0 cm³/mol. The minimum atomic E-state index is 0.667. The van der Waals surface area contributed by atoms with E-state index < -0.39 is 0 Å². The standard InChI is InChI=1S/C15H22N8/c1-4-16-5-2-11(1)14-7-12(14)3-6-17-15-18-8-13(9-19-15)23-10-20-21-22-23/h8-12,14,16H,1-7H2,(H,17,18,19)/t12-,14+/m1/s1. The van der Waals surface area contributed by atoms with Gasteiger partial charge in [-0.1, -0.05) is 0 Å². The first-order chi connectivity index (χ1) is 11.4. The van der Waals surface area contributed by atoms with Crippen LogP contribution < -0.4 is 10.6 Å². The zero-order chi connectivity index (χ0) is 15.5. The second kappa shape index (κ2) is 6.57. The van der Waals surface area contributed by atoms with Crippen LogP contribution in [-0.4, -0.2) is 49.8 Å². The zero-order valence-corrected chi connectivity index (χ0v) is 13.1. The lowest BCUT2D eigenvalue weighted by Gasteiger charge is -2.22. The summed E-state index contributed by atoms with van der Waals surface area (Å²) in [5, 5.41) is 17.8. The second-order valence-corrected chi connectivity index (χ2v) is 6.48. The molecule has 0 unspecified atom stereocenters. The molecule has 2 fully saturated rings. The summed E-state index contributed by atoms with van der Waals surface area (Å²) in [5.41, 5.74) is 0.758. The summed E-state index contributed by atoms with van der Waals surface area (Å²) in [6, 6.07) is 0. The summed E-state index contributed by atoms with van der Waals surface area (Å²) in [5.74, 6) is 3.47. The van der Waals surface area contributed by atoms with E-state index in [0.29, 0.717) is 5.95 Å². The van der Waals surface area contributed by atoms with E-state index in [9.17, 15) is 0 Å². The fourth-order valence-corrected chi connectivity index (χ4v) is 3.63. The van der Waals surface area contributed by atoms with Crippen molar-refractivity contribution in [2.24, 2.45) is 17.8 Å². The van der Waals surface area contributed by atoms with Gasteiger partial charge in [-0.15, -0.1) is 5.10 Å². The minimum Gasteiger partial charge on any atom is -0.354 e. The zero-order valence-electron chi connectivity index (χ0n) is 13.1. The highest BCUT2D eigenvalue weighted by Crippen LogP contribution is 2.49. The molecular weight excluding hydrogens is 292 g/mol. The van der Waals surface area contributed by atoms with Crippen molar-refractivity contribution in [2.75, 3.05) is 25.0 Å². The number of anilines is 1. The Morgan fingerprint density at radius 1 is 1.22 bits per heavy atom. The quantitative estimate of drug-likeness (QED) is 0.818. The van der Waals surface area contributed by atoms with Crippen LogP contribution in [0.5, 0.6) is 0 Å². The maximum absolute atomic E-state index is 4.31. The Morgan fingerprint density at radius 3 is 2.78 bits per heavy atom. The van der Waals surface area contributed by atoms with Crippen LogP contribution in [0.2, 0.25) is 0 Å². The molecule has 8 heteroatoms. The lowest BCUT2D eigenvalue weighted by Crippen LogP contribution is -2.29. The molecule has 122 valence electrons. The molecule has 1 aliphatic carbocycles. The normalized spacial score (nSPS) is 24.5. The molecule has 0 radical (unpaired) electrons. The number of hydrogen-bond acceptors (Lipinski definition) is 7. The number of nitrogens with zero attached hydrogens (tertiary/aromatic N) is 6. The van der Waals surface area contributed by atoms with E-state index in [4.69, 9.17) is 0 Å². The first-order valence-corrected chi connectivity index (χ1v) is 8.40. The third kappa shape index (κ3) is 3.47. The van der Waals surface area contributed by atoms with Gasteiger partial charge in [0.15, 0.2) is 0 Å². The summed E-state index contributed by atoms with van der Waals surface area (Å²) < 4.78 is 1.54. The highest BCUT2D eigenvalue weighted by Gasteiger charge is 2.42. The topological polar surface area (TPSA) is 93.4 Å². The van der Waals surface area contributed by atoms with Gasteiger partial charge in [-0.2, -0.15) is 4.68 Å². The molecule has 3 heterocycles. The van der Waals surface area contributed by atoms with Gasteiger partial charge in [-0.25, -0.2) is 9.97 Å². The molecule has 8 nitrogen and oxygen atoms in total. The molecule has 2 aromatic rings. The lowest BCUT2D eigenvalue weighted by atomic mass is 9.91. The molecule has 4 rings (SSSR count). The highest BCUT2D eigenvalue weighted by molar-refractivity contribution is 5.30. The Morgan fingerprint density at radius 2 is 2.04 bits per heavy atom. The van der Waals surface area contributed by atoms with Crippen LogP contribution in [0.3, 0.4) is 0 Å². The molecule has 23 heavy (non-hydrogen) atoms. The Hall–Kier alpha value is -2.09. The Labute approximate surface area is 135 Å². The summed E-state index contributed by atoms with van der Waals surface area (Å²) in [7, 11) is 0. The molecular formula is C15H22N8. The van der Waals surface area contributed by atoms with Gasteiger partial charge in [0.2, 0.25) is 5.95 Å². The van der Waals surface area contributed by atoms with Gasteiger partial charge in [0.05, 0.1) is 12.4 Å². The molecule has 1 saturated heterocycles. The van der Waals surface area contributed by atoms with Crippen molar-refractivity contribution in [3.05, 3.63) is 18.7 Å². The molecule has 1 saturated carbocycles. The summed E-state index contributed by atoms with van der Waals surface area (Å²) in [4.78, 5) is 8.63. The average Bonchev–Trinajstić information content (AvgIpc) is 3.17. The largest absolute Gasteiger partial charge is 0.354 e. The minimum absolute atomic E-state index is 0.667. The van der Waals surface area contributed by atoms with E-state index in [2.05, 4.69) is 36.1 Å². The van der Waals surface area contributed by atoms with Crippen LogP contribution in [0.15, 0.2) is 18.7 Å². The number of hydrogen-bond donors (Lipinski definition) is 2. The van der Waals surface area contributed by atoms with Crippen LogP contribution in [0.1, 0.15) is 25.7 Å². The van der Waals surface area contributed by atoms with E-state index in [1.165, 1.54) is 49.8 Å². The van der Waals surface area contributed by atoms with Gasteiger partial charge in [0.1, 0.15) is 12.0 Å². The lowest BCUT2D eigenvalue weighted by molar-refractivity contribution is 0.322. The fourth-order valence-electron chi connectivity index (χ4n) is 3.63. The molecule has 0 bridgehead atoms. The number of piperidine rings is 1. The summed E-state index contributed by atoms with van der Waals surface area (Å²) >= 11 is 0. The van der Waals surface area contributed by atoms with Crippen molar-refractivity contribution < 1.29 is 0 Å². The fraction of sp³-hybridized carbons (Fsp3) is 0.667. The van der Waals surface area contributed by atoms with Crippen LogP contribution in [-0.2, 0) is 0 Å². The molecule has 0 spiro atoms. The van der Waals surface area contributed by atoms with Gasteiger partial charge in [0, 0.05) is 6.54 Å². The third-order valence-electron chi connectivity index (χ3n) is 5.02. The van der Waals surface area contributed by atoms with E-state index in [1.807, 2.05) is 0 Å². The molecule has 2 N–H and O–H groups in total. The van der Waals surface area contributed by atoms with Crippen molar-refractivity contribution in [2.45, 2.75) is 25.7 Å². The van der Waals surface area contributed by atoms with Crippen molar-refractivity contribution >= 4 is 5.95 Å². The monoisotopic (exact) mass is 314 g/mol. The van der Waals surface area contributed by atoms with E-state index in [1.54, 1.807) is 12.4 Å². The number of tetrazole rings is 1. The van der Waals surface area contributed by atoms with E-state index in [-0.39, 0.29) is 0 Å². The van der Waals surface area contributed by atoms with Crippen molar-refractivity contribution in [3.8, 4) is 5.69 Å². The second-order valence-electron chi connectivity index (χ2n) is 6.48. The Balaban J connectivity index is 1.21. The predicted octanol–water partition coefficient (Wildman–Crippen LogP) is 0.890. The van der Waals surface area contributed by atoms with E-state index >= 15 is 0 Å². The van der Waals surface area contributed by atoms with Gasteiger partial charge in [-0.3, -0.25) is 0 Å². The van der Waals surface area contributed by atoms with Gasteiger partial charge in [-0.05, 0) is 67.0 Å². The van der Waals surface area contributed by atoms with Crippen molar-refractivity contribution in [3.63, 3.8) is 0 Å². The van der Waals surface area contributed by atoms with Crippen LogP contribution in [0.25, 0.3) is 5.69 Å². The SMILES string of the molecule is c1nc(NCC[C@@H]2C[C@H]2C2CCNCC2)ncc1-n1cnnn1. The van der Waals surface area contributed by atoms with Crippen molar-refractivity contribution in [1.29, 1.82) is 0 Å². The van der Waals surface area contributed by atoms with Gasteiger partial charge in [0.25, 0.3) is 0 Å². The summed E-state index contributed by atoms with van der Waals surface area (Å²) in [6.45, 7) is 3.34. The highest BCUT2D eigenvalue weighted by atomic mass is 15.5. The number of nitrogens with one attached hydrogen (secondary N) is 2. The van der Waals surface area contributed by atoms with Crippen LogP contribution in [0.4, 0.5) is 5.95 Å². The molecule has 1 aliphatic heterocycles. The molecule has 0 aromatic carbocycles.